The highest BCUT2D eigenvalue weighted by Gasteiger charge is 2.52. The summed E-state index contributed by atoms with van der Waals surface area (Å²) in [6.07, 6.45) is 4.46. The van der Waals surface area contributed by atoms with Gasteiger partial charge >= 0.3 is 5.97 Å². The molecule has 4 fully saturated rings. The zero-order valence-electron chi connectivity index (χ0n) is 17.9. The second-order valence-corrected chi connectivity index (χ2v) is 8.89. The maximum absolute atomic E-state index is 12.5. The van der Waals surface area contributed by atoms with Gasteiger partial charge in [-0.2, -0.15) is 0 Å². The molecule has 4 saturated heterocycles. The minimum absolute atomic E-state index is 0.152. The lowest BCUT2D eigenvalue weighted by Gasteiger charge is -2.47. The Hall–Kier alpha value is -2.70. The third-order valence-electron chi connectivity index (χ3n) is 6.94. The predicted molar refractivity (Wildman–Crippen MR) is 120 cm³/mol. The maximum Gasteiger partial charge on any atom is 0.317 e. The molecule has 4 aliphatic rings. The number of hydrogen-bond donors (Lipinski definition) is 2. The first-order valence-corrected chi connectivity index (χ1v) is 11.1. The van der Waals surface area contributed by atoms with Crippen LogP contribution in [0, 0.1) is 5.92 Å². The molecule has 1 amide bonds. The summed E-state index contributed by atoms with van der Waals surface area (Å²) < 4.78 is 0. The number of hydrogen-bond acceptors (Lipinski definition) is 4. The number of amides is 1. The van der Waals surface area contributed by atoms with Crippen molar-refractivity contribution < 1.29 is 14.7 Å². The summed E-state index contributed by atoms with van der Waals surface area (Å²) in [5.74, 6) is 0.0626. The highest BCUT2D eigenvalue weighted by molar-refractivity contribution is 5.97. The Balaban J connectivity index is 0.000000239. The molecule has 0 aliphatic carbocycles. The molecule has 3 N–H and O–H groups in total. The summed E-state index contributed by atoms with van der Waals surface area (Å²) in [5, 5.41) is 9.62. The van der Waals surface area contributed by atoms with Crippen molar-refractivity contribution in [2.75, 3.05) is 32.7 Å². The quantitative estimate of drug-likeness (QED) is 0.793. The van der Waals surface area contributed by atoms with Crippen LogP contribution in [-0.4, -0.2) is 59.5 Å². The number of carboxylic acid groups (broad SMARTS) is 1. The Bertz CT molecular complexity index is 876. The fourth-order valence-electron chi connectivity index (χ4n) is 4.78. The number of piperidine rings is 3. The molecular weight excluding hydrogens is 390 g/mol. The molecule has 0 radical (unpaired) electrons. The molecule has 0 unspecified atom stereocenters. The van der Waals surface area contributed by atoms with E-state index in [0.717, 1.165) is 17.0 Å². The van der Waals surface area contributed by atoms with E-state index in [1.165, 1.54) is 38.9 Å². The number of nitrogens with two attached hydrogens (primary N) is 1. The van der Waals surface area contributed by atoms with Gasteiger partial charge in [-0.05, 0) is 68.1 Å². The lowest BCUT2D eigenvalue weighted by Crippen LogP contribution is -2.65. The second-order valence-electron chi connectivity index (χ2n) is 8.89. The highest BCUT2D eigenvalue weighted by Crippen LogP contribution is 2.35. The molecule has 0 spiro atoms. The Morgan fingerprint density at radius 2 is 1.52 bits per heavy atom. The van der Waals surface area contributed by atoms with Gasteiger partial charge < -0.3 is 20.6 Å². The minimum Gasteiger partial charge on any atom is -0.480 e. The molecular formula is C25H31N3O3. The molecule has 164 valence electrons. The van der Waals surface area contributed by atoms with Crippen molar-refractivity contribution in [2.24, 2.45) is 11.7 Å². The molecule has 0 aromatic heterocycles. The monoisotopic (exact) mass is 421 g/mol. The number of carbonyl (C=O) groups excluding carboxylic acids is 1. The zero-order chi connectivity index (χ0) is 21.8. The summed E-state index contributed by atoms with van der Waals surface area (Å²) >= 11 is 0. The molecule has 2 bridgehead atoms. The summed E-state index contributed by atoms with van der Waals surface area (Å²) in [4.78, 5) is 28.4. The van der Waals surface area contributed by atoms with Crippen molar-refractivity contribution in [1.82, 2.24) is 9.80 Å². The molecule has 0 saturated carbocycles. The Morgan fingerprint density at radius 3 is 1.94 bits per heavy atom. The Kier molecular flexibility index (Phi) is 6.39. The van der Waals surface area contributed by atoms with Crippen LogP contribution in [0.25, 0.3) is 0 Å². The van der Waals surface area contributed by atoms with Gasteiger partial charge in [-0.3, -0.25) is 9.59 Å². The van der Waals surface area contributed by atoms with Gasteiger partial charge in [-0.15, -0.1) is 0 Å². The molecule has 6 rings (SSSR count). The first kappa shape index (κ1) is 21.5. The first-order valence-electron chi connectivity index (χ1n) is 11.1. The summed E-state index contributed by atoms with van der Waals surface area (Å²) in [6, 6.07) is 16.2. The molecule has 31 heavy (non-hydrogen) atoms. The number of fused-ring (bicyclic) bond motifs is 3. The topological polar surface area (TPSA) is 86.9 Å². The van der Waals surface area contributed by atoms with Crippen LogP contribution in [0.2, 0.25) is 0 Å². The van der Waals surface area contributed by atoms with Crippen molar-refractivity contribution in [1.29, 1.82) is 0 Å². The minimum atomic E-state index is -1.01. The van der Waals surface area contributed by atoms with E-state index in [2.05, 4.69) is 4.90 Å². The van der Waals surface area contributed by atoms with Crippen LogP contribution >= 0.6 is 0 Å². The van der Waals surface area contributed by atoms with E-state index in [1.54, 1.807) is 29.2 Å². The van der Waals surface area contributed by atoms with Crippen molar-refractivity contribution in [3.8, 4) is 0 Å². The zero-order valence-corrected chi connectivity index (χ0v) is 17.9. The van der Waals surface area contributed by atoms with Crippen molar-refractivity contribution in [2.45, 2.75) is 31.2 Å². The summed E-state index contributed by atoms with van der Waals surface area (Å²) in [6.45, 7) is 4.97. The molecule has 4 heterocycles. The Morgan fingerprint density at radius 1 is 0.935 bits per heavy atom. The lowest BCUT2D eigenvalue weighted by molar-refractivity contribution is -0.149. The van der Waals surface area contributed by atoms with E-state index < -0.39 is 11.4 Å². The molecule has 4 aliphatic heterocycles. The third kappa shape index (κ3) is 4.50. The molecule has 0 atom stereocenters. The van der Waals surface area contributed by atoms with E-state index in [9.17, 15) is 14.7 Å². The van der Waals surface area contributed by atoms with Gasteiger partial charge in [0.25, 0.3) is 5.91 Å². The summed E-state index contributed by atoms with van der Waals surface area (Å²) in [5.41, 5.74) is 6.77. The molecule has 2 aromatic carbocycles. The van der Waals surface area contributed by atoms with Gasteiger partial charge in [0, 0.05) is 25.2 Å². The number of nitrogens with zero attached hydrogens (tertiary/aromatic N) is 2. The van der Waals surface area contributed by atoms with E-state index in [1.807, 2.05) is 30.3 Å². The van der Waals surface area contributed by atoms with Crippen molar-refractivity contribution in [3.63, 3.8) is 0 Å². The molecule has 6 heteroatoms. The maximum atomic E-state index is 12.5. The van der Waals surface area contributed by atoms with Gasteiger partial charge in [0.15, 0.2) is 0 Å². The second kappa shape index (κ2) is 9.20. The fourth-order valence-corrected chi connectivity index (χ4v) is 4.78. The Labute approximate surface area is 183 Å². The normalized spacial score (nSPS) is 23.3. The lowest BCUT2D eigenvalue weighted by atomic mass is 9.73. The van der Waals surface area contributed by atoms with Crippen LogP contribution in [0.3, 0.4) is 0 Å². The van der Waals surface area contributed by atoms with Crippen LogP contribution in [0.15, 0.2) is 54.6 Å². The largest absolute Gasteiger partial charge is 0.480 e. The van der Waals surface area contributed by atoms with E-state index in [-0.39, 0.29) is 19.0 Å². The fraction of sp³-hybridized carbons (Fsp3) is 0.440. The van der Waals surface area contributed by atoms with Gasteiger partial charge in [-0.25, -0.2) is 0 Å². The molecule has 6 nitrogen and oxygen atoms in total. The van der Waals surface area contributed by atoms with Crippen LogP contribution in [-0.2, 0) is 16.8 Å². The van der Waals surface area contributed by atoms with E-state index in [4.69, 9.17) is 5.73 Å². The van der Waals surface area contributed by atoms with Gasteiger partial charge in [0.05, 0.1) is 0 Å². The van der Waals surface area contributed by atoms with Crippen molar-refractivity contribution >= 4 is 11.9 Å². The molecule has 2 aromatic rings. The number of benzene rings is 2. The third-order valence-corrected chi connectivity index (χ3v) is 6.94. The predicted octanol–water partition coefficient (Wildman–Crippen LogP) is 2.73. The number of aliphatic carboxylic acids is 1. The van der Waals surface area contributed by atoms with Crippen LogP contribution < -0.4 is 5.73 Å². The highest BCUT2D eigenvalue weighted by atomic mass is 16.4. The SMILES string of the molecule is C1CN2CCC1CC2.NCc1ccc(C(=O)N2CC(C(=O)O)(c3ccccc3)C2)cc1. The number of carboxylic acids is 1. The van der Waals surface area contributed by atoms with Crippen LogP contribution in [0.1, 0.15) is 40.7 Å². The van der Waals surface area contributed by atoms with E-state index >= 15 is 0 Å². The number of likely N-dealkylation sites (tertiary alicyclic amines) is 1. The van der Waals surface area contributed by atoms with Crippen molar-refractivity contribution in [3.05, 3.63) is 71.3 Å². The number of carbonyl (C=O) groups is 2. The first-order chi connectivity index (χ1) is 15.0. The van der Waals surface area contributed by atoms with Gasteiger partial charge in [-0.1, -0.05) is 42.5 Å². The van der Waals surface area contributed by atoms with Crippen LogP contribution in [0.4, 0.5) is 0 Å². The summed E-state index contributed by atoms with van der Waals surface area (Å²) in [7, 11) is 0. The van der Waals surface area contributed by atoms with Crippen LogP contribution in [0.5, 0.6) is 0 Å². The van der Waals surface area contributed by atoms with E-state index in [0.29, 0.717) is 12.1 Å². The van der Waals surface area contributed by atoms with Gasteiger partial charge in [0.2, 0.25) is 0 Å². The average molecular weight is 422 g/mol. The standard InChI is InChI=1S/C18H18N2O3.C7H13N/c19-10-13-6-8-14(9-7-13)16(21)20-11-18(12-20,17(22)23)15-4-2-1-3-5-15;1-4-8-5-2-7(1)3-6-8/h1-9H,10-12,19H2,(H,22,23);7H,1-6H2. The number of rotatable bonds is 4. The smallest absolute Gasteiger partial charge is 0.317 e. The average Bonchev–Trinajstić information content (AvgIpc) is 2.80. The van der Waals surface area contributed by atoms with Gasteiger partial charge in [0.1, 0.15) is 5.41 Å².